The van der Waals surface area contributed by atoms with Gasteiger partial charge in [-0.25, -0.2) is 0 Å². The Bertz CT molecular complexity index is 385. The zero-order valence-electron chi connectivity index (χ0n) is 9.74. The van der Waals surface area contributed by atoms with Crippen LogP contribution in [-0.4, -0.2) is 23.1 Å². The second-order valence-electron chi connectivity index (χ2n) is 3.40. The summed E-state index contributed by atoms with van der Waals surface area (Å²) in [6.07, 6.45) is 1.03. The van der Waals surface area contributed by atoms with Gasteiger partial charge in [-0.3, -0.25) is 0 Å². The molecule has 0 aliphatic heterocycles. The van der Waals surface area contributed by atoms with Gasteiger partial charge < -0.3 is 10.5 Å². The Morgan fingerprint density at radius 1 is 1.53 bits per heavy atom. The lowest BCUT2D eigenvalue weighted by molar-refractivity contribution is 0.318. The minimum absolute atomic E-state index is 0.365. The molecule has 0 bridgehead atoms. The number of thioether (sulfide) groups is 1. The predicted octanol–water partition coefficient (Wildman–Crippen LogP) is 3.61. The predicted molar refractivity (Wildman–Crippen MR) is 83.1 cm³/mol. The first kappa shape index (κ1) is 14.8. The molecule has 0 fully saturated rings. The van der Waals surface area contributed by atoms with Gasteiger partial charge in [-0.05, 0) is 36.1 Å². The van der Waals surface area contributed by atoms with E-state index in [4.69, 9.17) is 22.7 Å². The molecule has 1 rings (SSSR count). The number of ether oxygens (including phenoxy) is 1. The minimum Gasteiger partial charge on any atom is -0.493 e. The summed E-state index contributed by atoms with van der Waals surface area (Å²) >= 11 is 10.3. The molecule has 2 nitrogen and oxygen atoms in total. The van der Waals surface area contributed by atoms with Gasteiger partial charge in [-0.2, -0.15) is 11.8 Å². The fraction of sp³-hybridized carbons (Fsp3) is 0.417. The van der Waals surface area contributed by atoms with Gasteiger partial charge in [0.05, 0.1) is 12.2 Å². The molecule has 0 unspecified atom stereocenters. The lowest BCUT2D eigenvalue weighted by Gasteiger charge is -2.10. The van der Waals surface area contributed by atoms with Crippen LogP contribution in [0.3, 0.4) is 0 Å². The van der Waals surface area contributed by atoms with Crippen molar-refractivity contribution in [1.82, 2.24) is 0 Å². The van der Waals surface area contributed by atoms with Crippen LogP contribution in [0.15, 0.2) is 22.7 Å². The number of nitrogens with two attached hydrogens (primary N) is 1. The third kappa shape index (κ3) is 5.27. The molecule has 2 N–H and O–H groups in total. The van der Waals surface area contributed by atoms with Crippen LogP contribution in [0.2, 0.25) is 0 Å². The molecular formula is C12H16BrNOS2. The van der Waals surface area contributed by atoms with Gasteiger partial charge in [-0.1, -0.05) is 35.1 Å². The van der Waals surface area contributed by atoms with Crippen LogP contribution in [0.5, 0.6) is 5.75 Å². The molecule has 1 aromatic carbocycles. The molecular weight excluding hydrogens is 318 g/mol. The summed E-state index contributed by atoms with van der Waals surface area (Å²) in [5.41, 5.74) is 6.45. The molecule has 94 valence electrons. The van der Waals surface area contributed by atoms with Gasteiger partial charge in [0.15, 0.2) is 0 Å². The van der Waals surface area contributed by atoms with Crippen LogP contribution >= 0.6 is 39.9 Å². The summed E-state index contributed by atoms with van der Waals surface area (Å²) in [6, 6.07) is 5.71. The van der Waals surface area contributed by atoms with Crippen molar-refractivity contribution in [3.8, 4) is 5.75 Å². The molecule has 0 atom stereocenters. The Morgan fingerprint density at radius 3 is 2.94 bits per heavy atom. The van der Waals surface area contributed by atoms with Crippen LogP contribution in [0.4, 0.5) is 0 Å². The molecule has 0 aromatic heterocycles. The van der Waals surface area contributed by atoms with E-state index in [1.807, 2.05) is 30.0 Å². The Labute approximate surface area is 120 Å². The van der Waals surface area contributed by atoms with Crippen molar-refractivity contribution in [3.05, 3.63) is 28.2 Å². The summed E-state index contributed by atoms with van der Waals surface area (Å²) < 4.78 is 6.65. The van der Waals surface area contributed by atoms with Gasteiger partial charge in [0.25, 0.3) is 0 Å². The number of benzene rings is 1. The van der Waals surface area contributed by atoms with Crippen molar-refractivity contribution in [1.29, 1.82) is 0 Å². The van der Waals surface area contributed by atoms with E-state index in [1.54, 1.807) is 0 Å². The summed E-state index contributed by atoms with van der Waals surface area (Å²) in [5, 5.41) is 0. The summed E-state index contributed by atoms with van der Waals surface area (Å²) in [6.45, 7) is 2.86. The number of hydrogen-bond acceptors (Lipinski definition) is 3. The lowest BCUT2D eigenvalue weighted by Crippen LogP contribution is -2.12. The highest BCUT2D eigenvalue weighted by atomic mass is 79.9. The quantitative estimate of drug-likeness (QED) is 0.610. The fourth-order valence-electron chi connectivity index (χ4n) is 1.31. The topological polar surface area (TPSA) is 35.2 Å². The summed E-state index contributed by atoms with van der Waals surface area (Å²) in [5.74, 6) is 3.04. The Hall–Kier alpha value is -0.260. The highest BCUT2D eigenvalue weighted by molar-refractivity contribution is 9.10. The normalized spacial score (nSPS) is 10.2. The average molecular weight is 334 g/mol. The molecule has 0 saturated heterocycles. The monoisotopic (exact) mass is 333 g/mol. The number of halogens is 1. The van der Waals surface area contributed by atoms with Gasteiger partial charge in [0.2, 0.25) is 0 Å². The van der Waals surface area contributed by atoms with E-state index < -0.39 is 0 Å². The van der Waals surface area contributed by atoms with Crippen molar-refractivity contribution >= 4 is 44.9 Å². The van der Waals surface area contributed by atoms with E-state index in [2.05, 4.69) is 22.9 Å². The molecule has 0 heterocycles. The minimum atomic E-state index is 0.365. The van der Waals surface area contributed by atoms with Crippen LogP contribution in [-0.2, 0) is 0 Å². The molecule has 0 amide bonds. The zero-order valence-corrected chi connectivity index (χ0v) is 13.0. The standard InChI is InChI=1S/C12H16BrNOS2/c1-2-17-7-3-6-15-11-5-4-9(13)8-10(11)12(14)16/h4-5,8H,2-3,6-7H2,1H3,(H2,14,16). The van der Waals surface area contributed by atoms with E-state index in [-0.39, 0.29) is 0 Å². The van der Waals surface area contributed by atoms with Crippen molar-refractivity contribution in [2.45, 2.75) is 13.3 Å². The maximum absolute atomic E-state index is 5.70. The smallest absolute Gasteiger partial charge is 0.129 e. The maximum Gasteiger partial charge on any atom is 0.129 e. The van der Waals surface area contributed by atoms with E-state index >= 15 is 0 Å². The first-order valence-corrected chi connectivity index (χ1v) is 7.80. The molecule has 1 aromatic rings. The van der Waals surface area contributed by atoms with Crippen LogP contribution in [0.25, 0.3) is 0 Å². The van der Waals surface area contributed by atoms with Crippen molar-refractivity contribution in [3.63, 3.8) is 0 Å². The second kappa shape index (κ2) is 7.95. The molecule has 0 spiro atoms. The summed E-state index contributed by atoms with van der Waals surface area (Å²) in [7, 11) is 0. The highest BCUT2D eigenvalue weighted by Crippen LogP contribution is 2.23. The number of rotatable bonds is 7. The van der Waals surface area contributed by atoms with E-state index in [1.165, 1.54) is 0 Å². The van der Waals surface area contributed by atoms with E-state index in [0.29, 0.717) is 11.6 Å². The molecule has 0 saturated carbocycles. The van der Waals surface area contributed by atoms with Gasteiger partial charge in [0.1, 0.15) is 10.7 Å². The highest BCUT2D eigenvalue weighted by Gasteiger charge is 2.06. The van der Waals surface area contributed by atoms with Crippen LogP contribution in [0, 0.1) is 0 Å². The first-order valence-electron chi connectivity index (χ1n) is 5.45. The number of hydrogen-bond donors (Lipinski definition) is 1. The zero-order chi connectivity index (χ0) is 12.7. The third-order valence-electron chi connectivity index (χ3n) is 2.10. The molecule has 17 heavy (non-hydrogen) atoms. The molecule has 0 radical (unpaired) electrons. The maximum atomic E-state index is 5.70. The average Bonchev–Trinajstić information content (AvgIpc) is 2.30. The SMILES string of the molecule is CCSCCCOc1ccc(Br)cc1C(N)=S. The van der Waals surface area contributed by atoms with Crippen LogP contribution < -0.4 is 10.5 Å². The third-order valence-corrected chi connectivity index (χ3v) is 3.80. The largest absolute Gasteiger partial charge is 0.493 e. The van der Waals surface area contributed by atoms with Gasteiger partial charge in [-0.15, -0.1) is 0 Å². The van der Waals surface area contributed by atoms with Crippen molar-refractivity contribution in [2.75, 3.05) is 18.1 Å². The molecule has 0 aliphatic rings. The first-order chi connectivity index (χ1) is 8.15. The van der Waals surface area contributed by atoms with Crippen molar-refractivity contribution in [2.24, 2.45) is 5.73 Å². The van der Waals surface area contributed by atoms with Crippen molar-refractivity contribution < 1.29 is 4.74 Å². The fourth-order valence-corrected chi connectivity index (χ4v) is 2.44. The number of thiocarbonyl (C=S) groups is 1. The van der Waals surface area contributed by atoms with E-state index in [0.717, 1.165) is 33.7 Å². The molecule has 0 aliphatic carbocycles. The summed E-state index contributed by atoms with van der Waals surface area (Å²) in [4.78, 5) is 0.365. The second-order valence-corrected chi connectivity index (χ2v) is 6.15. The van der Waals surface area contributed by atoms with Gasteiger partial charge >= 0.3 is 0 Å². The van der Waals surface area contributed by atoms with E-state index in [9.17, 15) is 0 Å². The Kier molecular flexibility index (Phi) is 6.92. The lowest BCUT2D eigenvalue weighted by atomic mass is 10.2. The Balaban J connectivity index is 2.55. The van der Waals surface area contributed by atoms with Gasteiger partial charge in [0, 0.05) is 4.47 Å². The Morgan fingerprint density at radius 2 is 2.29 bits per heavy atom. The van der Waals surface area contributed by atoms with Crippen LogP contribution in [0.1, 0.15) is 18.9 Å². The molecule has 5 heteroatoms.